The zero-order valence-electron chi connectivity index (χ0n) is 13.5. The average Bonchev–Trinajstić information content (AvgIpc) is 2.99. The van der Waals surface area contributed by atoms with Gasteiger partial charge in [-0.05, 0) is 43.3 Å². The molecule has 6 nitrogen and oxygen atoms in total. The van der Waals surface area contributed by atoms with Crippen LogP contribution in [0.2, 0.25) is 0 Å². The Morgan fingerprint density at radius 3 is 2.50 bits per heavy atom. The van der Waals surface area contributed by atoms with Crippen LogP contribution in [0.25, 0.3) is 11.1 Å². The third kappa shape index (κ3) is 2.82. The summed E-state index contributed by atoms with van der Waals surface area (Å²) >= 11 is 0. The van der Waals surface area contributed by atoms with E-state index in [1.165, 1.54) is 0 Å². The topological polar surface area (TPSA) is 81.2 Å². The number of nitrogens with zero attached hydrogens (tertiary/aromatic N) is 3. The molecular formula is C17H22N4O2S. The maximum absolute atomic E-state index is 12.8. The van der Waals surface area contributed by atoms with Crippen LogP contribution in [-0.2, 0) is 10.0 Å². The number of nitrogens with two attached hydrogens (primary N) is 1. The van der Waals surface area contributed by atoms with Crippen molar-refractivity contribution in [1.82, 2.24) is 14.1 Å². The summed E-state index contributed by atoms with van der Waals surface area (Å²) in [6.07, 6.45) is 3.76. The first-order valence-electron chi connectivity index (χ1n) is 8.39. The zero-order valence-corrected chi connectivity index (χ0v) is 14.3. The van der Waals surface area contributed by atoms with Gasteiger partial charge in [0.1, 0.15) is 0 Å². The van der Waals surface area contributed by atoms with E-state index >= 15 is 0 Å². The van der Waals surface area contributed by atoms with Crippen molar-refractivity contribution in [3.05, 3.63) is 36.5 Å². The van der Waals surface area contributed by atoms with Crippen molar-refractivity contribution in [3.8, 4) is 11.1 Å². The van der Waals surface area contributed by atoms with Crippen LogP contribution >= 0.6 is 0 Å². The maximum atomic E-state index is 12.8. The second-order valence-electron chi connectivity index (χ2n) is 6.84. The van der Waals surface area contributed by atoms with E-state index in [2.05, 4.69) is 10.00 Å². The number of rotatable bonds is 4. The fourth-order valence-corrected chi connectivity index (χ4v) is 5.52. The molecule has 1 unspecified atom stereocenters. The van der Waals surface area contributed by atoms with Crippen LogP contribution in [0.4, 0.5) is 5.82 Å². The van der Waals surface area contributed by atoms with Crippen LogP contribution < -0.4 is 5.73 Å². The van der Waals surface area contributed by atoms with Gasteiger partial charge in [0.15, 0.2) is 5.82 Å². The molecule has 1 aromatic heterocycles. The van der Waals surface area contributed by atoms with Gasteiger partial charge >= 0.3 is 0 Å². The molecule has 0 saturated carbocycles. The molecule has 128 valence electrons. The third-order valence-corrected chi connectivity index (χ3v) is 6.91. The van der Waals surface area contributed by atoms with Gasteiger partial charge in [-0.25, -0.2) is 8.42 Å². The molecule has 7 heteroatoms. The third-order valence-electron chi connectivity index (χ3n) is 5.31. The summed E-state index contributed by atoms with van der Waals surface area (Å²) in [5.41, 5.74) is 7.49. The van der Waals surface area contributed by atoms with Crippen molar-refractivity contribution in [2.45, 2.75) is 12.8 Å². The highest BCUT2D eigenvalue weighted by molar-refractivity contribution is 7.89. The minimum Gasteiger partial charge on any atom is -0.382 e. The molecule has 2 bridgehead atoms. The first-order valence-corrected chi connectivity index (χ1v) is 10.00. The van der Waals surface area contributed by atoms with Crippen molar-refractivity contribution in [3.63, 3.8) is 0 Å². The number of fused-ring (bicyclic) bond motifs is 3. The second-order valence-corrected chi connectivity index (χ2v) is 8.71. The lowest BCUT2D eigenvalue weighted by molar-refractivity contribution is 0.0616. The summed E-state index contributed by atoms with van der Waals surface area (Å²) in [6.45, 7) is 3.09. The maximum Gasteiger partial charge on any atom is 0.254 e. The monoisotopic (exact) mass is 346 g/mol. The Morgan fingerprint density at radius 2 is 1.88 bits per heavy atom. The highest BCUT2D eigenvalue weighted by Crippen LogP contribution is 2.33. The molecule has 2 aromatic rings. The highest BCUT2D eigenvalue weighted by Gasteiger charge is 2.37. The molecule has 3 aliphatic heterocycles. The van der Waals surface area contributed by atoms with Gasteiger partial charge in [0.05, 0.1) is 11.9 Å². The molecular weight excluding hydrogens is 324 g/mol. The van der Waals surface area contributed by atoms with E-state index < -0.39 is 10.0 Å². The Kier molecular flexibility index (Phi) is 3.85. The minimum atomic E-state index is -3.49. The smallest absolute Gasteiger partial charge is 0.254 e. The van der Waals surface area contributed by atoms with Crippen molar-refractivity contribution < 1.29 is 8.42 Å². The second kappa shape index (κ2) is 5.89. The predicted octanol–water partition coefficient (Wildman–Crippen LogP) is 1.65. The SMILES string of the molecule is Nc1nn(S(=O)(=O)CC2CN3CCC2CC3)cc1-c1ccccc1. The van der Waals surface area contributed by atoms with Gasteiger partial charge in [-0.1, -0.05) is 30.3 Å². The number of anilines is 1. The van der Waals surface area contributed by atoms with Crippen molar-refractivity contribution in [2.24, 2.45) is 11.8 Å². The molecule has 4 heterocycles. The predicted molar refractivity (Wildman–Crippen MR) is 93.9 cm³/mol. The Morgan fingerprint density at radius 1 is 1.17 bits per heavy atom. The lowest BCUT2D eigenvalue weighted by Crippen LogP contribution is -2.49. The molecule has 0 radical (unpaired) electrons. The van der Waals surface area contributed by atoms with Gasteiger partial charge in [0.2, 0.25) is 0 Å². The van der Waals surface area contributed by atoms with Gasteiger partial charge in [-0.15, -0.1) is 5.10 Å². The van der Waals surface area contributed by atoms with E-state index in [1.54, 1.807) is 6.20 Å². The summed E-state index contributed by atoms with van der Waals surface area (Å²) in [6, 6.07) is 9.51. The number of benzene rings is 1. The van der Waals surface area contributed by atoms with Crippen LogP contribution in [0.5, 0.6) is 0 Å². The van der Waals surface area contributed by atoms with E-state index in [4.69, 9.17) is 5.73 Å². The quantitative estimate of drug-likeness (QED) is 0.910. The lowest BCUT2D eigenvalue weighted by atomic mass is 9.80. The van der Waals surface area contributed by atoms with Gasteiger partial charge in [0.25, 0.3) is 10.0 Å². The van der Waals surface area contributed by atoms with Gasteiger partial charge < -0.3 is 10.6 Å². The van der Waals surface area contributed by atoms with E-state index in [1.807, 2.05) is 30.3 Å². The van der Waals surface area contributed by atoms with Crippen LogP contribution in [0.1, 0.15) is 12.8 Å². The molecule has 3 saturated heterocycles. The van der Waals surface area contributed by atoms with E-state index in [9.17, 15) is 8.42 Å². The molecule has 0 aliphatic carbocycles. The van der Waals surface area contributed by atoms with Crippen LogP contribution in [0.3, 0.4) is 0 Å². The van der Waals surface area contributed by atoms with Crippen LogP contribution in [0.15, 0.2) is 36.5 Å². The standard InChI is InChI=1S/C17H22N4O2S/c18-17-16(14-4-2-1-3-5-14)11-21(19-17)24(22,23)12-15-10-20-8-6-13(15)7-9-20/h1-5,11,13,15H,6-10,12H2,(H2,18,19). The Balaban J connectivity index is 1.59. The number of piperidine rings is 3. The fourth-order valence-electron chi connectivity index (χ4n) is 3.97. The highest BCUT2D eigenvalue weighted by atomic mass is 32.2. The van der Waals surface area contributed by atoms with Gasteiger partial charge in [-0.3, -0.25) is 0 Å². The first-order chi connectivity index (χ1) is 11.5. The molecule has 3 aliphatic rings. The van der Waals surface area contributed by atoms with Crippen molar-refractivity contribution >= 4 is 15.8 Å². The average molecular weight is 346 g/mol. The minimum absolute atomic E-state index is 0.142. The Labute approximate surface area is 142 Å². The Bertz CT molecular complexity index is 824. The summed E-state index contributed by atoms with van der Waals surface area (Å²) < 4.78 is 26.7. The summed E-state index contributed by atoms with van der Waals surface area (Å²) in [7, 11) is -3.49. The van der Waals surface area contributed by atoms with Crippen LogP contribution in [0, 0.1) is 11.8 Å². The first kappa shape index (κ1) is 15.7. The van der Waals surface area contributed by atoms with Crippen molar-refractivity contribution in [2.75, 3.05) is 31.1 Å². The van der Waals surface area contributed by atoms with Gasteiger partial charge in [0, 0.05) is 12.1 Å². The molecule has 24 heavy (non-hydrogen) atoms. The lowest BCUT2D eigenvalue weighted by Gasteiger charge is -2.44. The van der Waals surface area contributed by atoms with E-state index in [0.717, 1.165) is 42.1 Å². The number of nitrogen functional groups attached to an aromatic ring is 1. The molecule has 0 amide bonds. The summed E-state index contributed by atoms with van der Waals surface area (Å²) in [5, 5.41) is 4.08. The van der Waals surface area contributed by atoms with E-state index in [-0.39, 0.29) is 17.5 Å². The zero-order chi connectivity index (χ0) is 16.7. The van der Waals surface area contributed by atoms with Crippen molar-refractivity contribution in [1.29, 1.82) is 0 Å². The molecule has 1 aromatic carbocycles. The molecule has 3 fully saturated rings. The molecule has 2 N–H and O–H groups in total. The fraction of sp³-hybridized carbons (Fsp3) is 0.471. The molecule has 1 atom stereocenters. The number of hydrogen-bond acceptors (Lipinski definition) is 5. The normalized spacial score (nSPS) is 26.6. The summed E-state index contributed by atoms with van der Waals surface area (Å²) in [5.74, 6) is 1.11. The van der Waals surface area contributed by atoms with E-state index in [0.29, 0.717) is 11.5 Å². The summed E-state index contributed by atoms with van der Waals surface area (Å²) in [4.78, 5) is 2.37. The number of aromatic nitrogens is 2. The Hall–Kier alpha value is -1.86. The molecule has 5 rings (SSSR count). The largest absolute Gasteiger partial charge is 0.382 e. The van der Waals surface area contributed by atoms with Gasteiger partial charge in [-0.2, -0.15) is 4.09 Å². The number of hydrogen-bond donors (Lipinski definition) is 1. The molecule has 0 spiro atoms. The van der Waals surface area contributed by atoms with Crippen LogP contribution in [-0.4, -0.2) is 47.9 Å².